The smallest absolute Gasteiger partial charge is 0.320 e. The summed E-state index contributed by atoms with van der Waals surface area (Å²) in [5.41, 5.74) is 0. The van der Waals surface area contributed by atoms with Gasteiger partial charge in [-0.15, -0.1) is 0 Å². The predicted octanol–water partition coefficient (Wildman–Crippen LogP) is 0.705. The highest BCUT2D eigenvalue weighted by molar-refractivity contribution is 5.80. The first-order chi connectivity index (χ1) is 10.2. The fourth-order valence-corrected chi connectivity index (χ4v) is 3.97. The first-order valence-corrected chi connectivity index (χ1v) is 8.05. The van der Waals surface area contributed by atoms with Crippen LogP contribution in [0, 0.1) is 0 Å². The molecule has 1 N–H and O–H groups in total. The average Bonchev–Trinajstić information content (AvgIpc) is 2.95. The average molecular weight is 296 g/mol. The minimum atomic E-state index is -0.808. The minimum Gasteiger partial charge on any atom is -0.480 e. The minimum absolute atomic E-state index is 0.0725. The lowest BCUT2D eigenvalue weighted by Gasteiger charge is -2.44. The van der Waals surface area contributed by atoms with Gasteiger partial charge in [-0.2, -0.15) is 0 Å². The summed E-state index contributed by atoms with van der Waals surface area (Å²) in [4.78, 5) is 27.6. The molecule has 3 aliphatic rings. The van der Waals surface area contributed by atoms with Gasteiger partial charge >= 0.3 is 5.97 Å². The van der Waals surface area contributed by atoms with Gasteiger partial charge in [0.25, 0.3) is 0 Å². The third kappa shape index (κ3) is 3.06. The van der Waals surface area contributed by atoms with E-state index in [0.717, 1.165) is 25.7 Å². The molecule has 0 aromatic rings. The van der Waals surface area contributed by atoms with Crippen LogP contribution in [0.2, 0.25) is 0 Å². The van der Waals surface area contributed by atoms with Crippen LogP contribution in [0.3, 0.4) is 0 Å². The van der Waals surface area contributed by atoms with E-state index in [1.54, 1.807) is 0 Å². The van der Waals surface area contributed by atoms with E-state index in [2.05, 4.69) is 0 Å². The molecule has 1 saturated carbocycles. The van der Waals surface area contributed by atoms with Crippen molar-refractivity contribution in [2.24, 2.45) is 0 Å². The number of ether oxygens (including phenoxy) is 1. The molecular weight excluding hydrogens is 272 g/mol. The second kappa shape index (κ2) is 6.32. The SMILES string of the molecule is O=C(O)[C@H]1CCCN1CC(=O)N1CCO[C@H]2CCCC[C@@H]21. The number of hydrogen-bond acceptors (Lipinski definition) is 4. The van der Waals surface area contributed by atoms with Crippen LogP contribution in [0.25, 0.3) is 0 Å². The molecule has 3 fully saturated rings. The molecule has 2 saturated heterocycles. The zero-order chi connectivity index (χ0) is 14.8. The van der Waals surface area contributed by atoms with Crippen LogP contribution in [0.4, 0.5) is 0 Å². The summed E-state index contributed by atoms with van der Waals surface area (Å²) in [5.74, 6) is -0.735. The number of likely N-dealkylation sites (tertiary alicyclic amines) is 1. The third-order valence-corrected chi connectivity index (χ3v) is 5.04. The molecule has 21 heavy (non-hydrogen) atoms. The van der Waals surface area contributed by atoms with Gasteiger partial charge in [0.05, 0.1) is 25.3 Å². The molecule has 2 aliphatic heterocycles. The van der Waals surface area contributed by atoms with Gasteiger partial charge < -0.3 is 14.7 Å². The number of hydrogen-bond donors (Lipinski definition) is 1. The number of carboxylic acids is 1. The summed E-state index contributed by atoms with van der Waals surface area (Å²) in [6, 6.07) is -0.289. The van der Waals surface area contributed by atoms with E-state index in [-0.39, 0.29) is 24.6 Å². The molecule has 6 heteroatoms. The van der Waals surface area contributed by atoms with Crippen molar-refractivity contribution in [1.29, 1.82) is 0 Å². The molecule has 2 heterocycles. The van der Waals surface area contributed by atoms with Crippen LogP contribution in [0.1, 0.15) is 38.5 Å². The molecule has 118 valence electrons. The van der Waals surface area contributed by atoms with E-state index in [9.17, 15) is 14.7 Å². The zero-order valence-electron chi connectivity index (χ0n) is 12.4. The molecule has 6 nitrogen and oxygen atoms in total. The molecule has 0 radical (unpaired) electrons. The van der Waals surface area contributed by atoms with Crippen LogP contribution >= 0.6 is 0 Å². The maximum absolute atomic E-state index is 12.6. The van der Waals surface area contributed by atoms with Crippen molar-refractivity contribution in [1.82, 2.24) is 9.80 Å². The molecule has 3 rings (SSSR count). The molecular formula is C15H24N2O4. The van der Waals surface area contributed by atoms with Crippen molar-refractivity contribution in [2.45, 2.75) is 56.7 Å². The maximum atomic E-state index is 12.6. The molecule has 0 bridgehead atoms. The van der Waals surface area contributed by atoms with E-state index in [1.807, 2.05) is 9.80 Å². The van der Waals surface area contributed by atoms with Crippen molar-refractivity contribution in [3.8, 4) is 0 Å². The standard InChI is InChI=1S/C15H24N2O4/c18-14(10-16-7-3-5-12(16)15(19)20)17-8-9-21-13-6-2-1-4-11(13)17/h11-13H,1-10H2,(H,19,20)/t11-,12+,13-/m0/s1. The number of morpholine rings is 1. The lowest BCUT2D eigenvalue weighted by atomic mass is 9.90. The van der Waals surface area contributed by atoms with Crippen LogP contribution in [0.5, 0.6) is 0 Å². The Kier molecular flexibility index (Phi) is 4.45. The van der Waals surface area contributed by atoms with Crippen LogP contribution in [-0.2, 0) is 14.3 Å². The molecule has 0 aromatic carbocycles. The zero-order valence-corrected chi connectivity index (χ0v) is 12.4. The Bertz CT molecular complexity index is 412. The lowest BCUT2D eigenvalue weighted by Crippen LogP contribution is -2.57. The Morgan fingerprint density at radius 2 is 1.90 bits per heavy atom. The second-order valence-electron chi connectivity index (χ2n) is 6.31. The van der Waals surface area contributed by atoms with Gasteiger partial charge in [-0.1, -0.05) is 12.8 Å². The Morgan fingerprint density at radius 1 is 1.10 bits per heavy atom. The Hall–Kier alpha value is -1.14. The largest absolute Gasteiger partial charge is 0.480 e. The maximum Gasteiger partial charge on any atom is 0.320 e. The highest BCUT2D eigenvalue weighted by Crippen LogP contribution is 2.29. The first-order valence-electron chi connectivity index (χ1n) is 8.05. The third-order valence-electron chi connectivity index (χ3n) is 5.04. The fourth-order valence-electron chi connectivity index (χ4n) is 3.97. The van der Waals surface area contributed by atoms with Gasteiger partial charge in [0.15, 0.2) is 0 Å². The summed E-state index contributed by atoms with van der Waals surface area (Å²) in [6.07, 6.45) is 6.07. The fraction of sp³-hybridized carbons (Fsp3) is 0.867. The summed E-state index contributed by atoms with van der Waals surface area (Å²) >= 11 is 0. The van der Waals surface area contributed by atoms with E-state index < -0.39 is 12.0 Å². The van der Waals surface area contributed by atoms with Crippen molar-refractivity contribution >= 4 is 11.9 Å². The highest BCUT2D eigenvalue weighted by Gasteiger charge is 2.38. The van der Waals surface area contributed by atoms with Crippen LogP contribution in [0.15, 0.2) is 0 Å². The lowest BCUT2D eigenvalue weighted by molar-refractivity contribution is -0.152. The van der Waals surface area contributed by atoms with Gasteiger partial charge in [-0.25, -0.2) is 0 Å². The van der Waals surface area contributed by atoms with Gasteiger partial charge in [0, 0.05) is 6.54 Å². The van der Waals surface area contributed by atoms with E-state index in [0.29, 0.717) is 26.1 Å². The summed E-state index contributed by atoms with van der Waals surface area (Å²) in [7, 11) is 0. The predicted molar refractivity (Wildman–Crippen MR) is 75.9 cm³/mol. The quantitative estimate of drug-likeness (QED) is 0.830. The monoisotopic (exact) mass is 296 g/mol. The van der Waals surface area contributed by atoms with Crippen LogP contribution < -0.4 is 0 Å². The molecule has 0 spiro atoms. The number of amides is 1. The van der Waals surface area contributed by atoms with Crippen molar-refractivity contribution < 1.29 is 19.4 Å². The highest BCUT2D eigenvalue weighted by atomic mass is 16.5. The molecule has 0 aromatic heterocycles. The molecule has 3 atom stereocenters. The van der Waals surface area contributed by atoms with Gasteiger partial charge in [-0.05, 0) is 32.2 Å². The molecule has 1 amide bonds. The topological polar surface area (TPSA) is 70.1 Å². The number of carbonyl (C=O) groups excluding carboxylic acids is 1. The summed E-state index contributed by atoms with van der Waals surface area (Å²) < 4.78 is 5.79. The number of carboxylic acid groups (broad SMARTS) is 1. The Labute approximate surface area is 125 Å². The molecule has 0 unspecified atom stereocenters. The number of rotatable bonds is 3. The Balaban J connectivity index is 1.62. The van der Waals surface area contributed by atoms with Gasteiger partial charge in [-0.3, -0.25) is 14.5 Å². The number of nitrogens with zero attached hydrogens (tertiary/aromatic N) is 2. The normalized spacial score (nSPS) is 33.7. The van der Waals surface area contributed by atoms with Crippen molar-refractivity contribution in [2.75, 3.05) is 26.2 Å². The van der Waals surface area contributed by atoms with Crippen molar-refractivity contribution in [3.05, 3.63) is 0 Å². The van der Waals surface area contributed by atoms with Crippen LogP contribution in [-0.4, -0.2) is 71.2 Å². The second-order valence-corrected chi connectivity index (χ2v) is 6.31. The summed E-state index contributed by atoms with van der Waals surface area (Å²) in [5, 5.41) is 9.21. The number of fused-ring (bicyclic) bond motifs is 1. The number of carbonyl (C=O) groups is 2. The first kappa shape index (κ1) is 14.8. The van der Waals surface area contributed by atoms with E-state index >= 15 is 0 Å². The molecule has 1 aliphatic carbocycles. The van der Waals surface area contributed by atoms with Gasteiger partial charge in [0.2, 0.25) is 5.91 Å². The van der Waals surface area contributed by atoms with E-state index in [1.165, 1.54) is 6.42 Å². The van der Waals surface area contributed by atoms with E-state index in [4.69, 9.17) is 4.74 Å². The van der Waals surface area contributed by atoms with Crippen molar-refractivity contribution in [3.63, 3.8) is 0 Å². The Morgan fingerprint density at radius 3 is 2.71 bits per heavy atom. The summed E-state index contributed by atoms with van der Waals surface area (Å²) in [6.45, 7) is 2.20. The number of aliphatic carboxylic acids is 1. The van der Waals surface area contributed by atoms with Gasteiger partial charge in [0.1, 0.15) is 6.04 Å².